The summed E-state index contributed by atoms with van der Waals surface area (Å²) in [6, 6.07) is 10.2. The van der Waals surface area contributed by atoms with Gasteiger partial charge in [0.2, 0.25) is 5.52 Å². The number of hydrogen-bond donors (Lipinski definition) is 2. The van der Waals surface area contributed by atoms with E-state index in [2.05, 4.69) is 5.32 Å². The Morgan fingerprint density at radius 3 is 2.76 bits per heavy atom. The summed E-state index contributed by atoms with van der Waals surface area (Å²) in [4.78, 5) is 12.3. The highest BCUT2D eigenvalue weighted by Gasteiger charge is 2.27. The van der Waals surface area contributed by atoms with Crippen LogP contribution in [0.25, 0.3) is 10.9 Å². The molecule has 1 amide bonds. The van der Waals surface area contributed by atoms with Crippen LogP contribution in [0.1, 0.15) is 36.2 Å². The first-order valence-corrected chi connectivity index (χ1v) is 7.27. The van der Waals surface area contributed by atoms with Gasteiger partial charge in [0.1, 0.15) is 0 Å². The quantitative estimate of drug-likeness (QED) is 0.649. The second kappa shape index (κ2) is 5.69. The average molecular weight is 286 g/mol. The standard InChI is InChI=1S/C16H18N2O3/c19-15-8-4-2-6-12(15)17-16(20)14-10-9-11-5-1-3-7-13(11)18(14)21/h1,3,5,7,9-10,12,15,19H,2,4,6,8H2,(H,17,20). The fraction of sp³-hybridized carbons (Fsp3) is 0.375. The summed E-state index contributed by atoms with van der Waals surface area (Å²) >= 11 is 0. The molecule has 1 aliphatic rings. The predicted octanol–water partition coefficient (Wildman–Crippen LogP) is 1.51. The van der Waals surface area contributed by atoms with E-state index in [0.29, 0.717) is 16.7 Å². The summed E-state index contributed by atoms with van der Waals surface area (Å²) in [5.41, 5.74) is 0.529. The molecule has 0 spiro atoms. The monoisotopic (exact) mass is 286 g/mol. The molecule has 1 fully saturated rings. The van der Waals surface area contributed by atoms with Crippen LogP contribution in [0.5, 0.6) is 0 Å². The highest BCUT2D eigenvalue weighted by atomic mass is 16.5. The number of aliphatic hydroxyl groups excluding tert-OH is 1. The van der Waals surface area contributed by atoms with E-state index in [4.69, 9.17) is 0 Å². The van der Waals surface area contributed by atoms with Crippen LogP contribution in [0.3, 0.4) is 0 Å². The Morgan fingerprint density at radius 2 is 1.95 bits per heavy atom. The number of para-hydroxylation sites is 1. The molecule has 3 rings (SSSR count). The van der Waals surface area contributed by atoms with E-state index in [9.17, 15) is 15.1 Å². The zero-order chi connectivity index (χ0) is 14.8. The Labute approximate surface area is 122 Å². The van der Waals surface area contributed by atoms with Crippen molar-refractivity contribution in [1.82, 2.24) is 5.32 Å². The van der Waals surface area contributed by atoms with Crippen LogP contribution >= 0.6 is 0 Å². The van der Waals surface area contributed by atoms with Crippen molar-refractivity contribution in [2.75, 3.05) is 0 Å². The maximum absolute atomic E-state index is 12.3. The first kappa shape index (κ1) is 13.8. The van der Waals surface area contributed by atoms with Gasteiger partial charge >= 0.3 is 5.91 Å². The fourth-order valence-corrected chi connectivity index (χ4v) is 2.87. The zero-order valence-corrected chi connectivity index (χ0v) is 11.7. The van der Waals surface area contributed by atoms with E-state index >= 15 is 0 Å². The molecule has 5 nitrogen and oxygen atoms in total. The average Bonchev–Trinajstić information content (AvgIpc) is 2.50. The minimum Gasteiger partial charge on any atom is -0.618 e. The molecule has 0 saturated heterocycles. The molecule has 1 heterocycles. The Morgan fingerprint density at radius 1 is 1.19 bits per heavy atom. The first-order valence-electron chi connectivity index (χ1n) is 7.27. The summed E-state index contributed by atoms with van der Waals surface area (Å²) in [6.07, 6.45) is 2.88. The molecule has 21 heavy (non-hydrogen) atoms. The van der Waals surface area contributed by atoms with Gasteiger partial charge in [-0.05, 0) is 25.0 Å². The van der Waals surface area contributed by atoms with E-state index in [0.717, 1.165) is 24.6 Å². The SMILES string of the molecule is O=C(NC1CCCCC1O)c1ccc2ccccc2[n+]1[O-]. The fourth-order valence-electron chi connectivity index (χ4n) is 2.87. The number of rotatable bonds is 2. The molecule has 2 atom stereocenters. The highest BCUT2D eigenvalue weighted by Crippen LogP contribution is 2.18. The normalized spacial score (nSPS) is 22.1. The summed E-state index contributed by atoms with van der Waals surface area (Å²) in [6.45, 7) is 0. The lowest BCUT2D eigenvalue weighted by Crippen LogP contribution is -2.48. The molecule has 2 aromatic rings. The molecule has 0 bridgehead atoms. The van der Waals surface area contributed by atoms with Crippen LogP contribution in [0.15, 0.2) is 36.4 Å². The minimum absolute atomic E-state index is 0.0615. The molecule has 1 aromatic heterocycles. The largest absolute Gasteiger partial charge is 0.618 e. The molecule has 5 heteroatoms. The number of aromatic nitrogens is 1. The van der Waals surface area contributed by atoms with Gasteiger partial charge in [0.25, 0.3) is 5.69 Å². The molecular weight excluding hydrogens is 268 g/mol. The summed E-state index contributed by atoms with van der Waals surface area (Å²) in [5, 5.41) is 25.8. The molecule has 0 aliphatic heterocycles. The number of carbonyl (C=O) groups excluding carboxylic acids is 1. The van der Waals surface area contributed by atoms with E-state index in [1.54, 1.807) is 18.2 Å². The summed E-state index contributed by atoms with van der Waals surface area (Å²) in [5.74, 6) is -0.429. The van der Waals surface area contributed by atoms with Gasteiger partial charge < -0.3 is 15.6 Å². The van der Waals surface area contributed by atoms with E-state index in [1.165, 1.54) is 6.07 Å². The molecule has 2 unspecified atom stereocenters. The third-order valence-electron chi connectivity index (χ3n) is 4.07. The Bertz CT molecular complexity index is 672. The molecule has 1 aromatic carbocycles. The van der Waals surface area contributed by atoms with Crippen molar-refractivity contribution < 1.29 is 14.6 Å². The van der Waals surface area contributed by atoms with E-state index in [1.807, 2.05) is 12.1 Å². The maximum Gasteiger partial charge on any atom is 0.317 e. The van der Waals surface area contributed by atoms with Gasteiger partial charge in [0, 0.05) is 17.5 Å². The van der Waals surface area contributed by atoms with E-state index < -0.39 is 12.0 Å². The number of pyridine rings is 1. The molecular formula is C16H18N2O3. The Kier molecular flexibility index (Phi) is 3.75. The lowest BCUT2D eigenvalue weighted by molar-refractivity contribution is -0.579. The van der Waals surface area contributed by atoms with Crippen molar-refractivity contribution in [3.63, 3.8) is 0 Å². The van der Waals surface area contributed by atoms with Crippen LogP contribution in [0.4, 0.5) is 0 Å². The molecule has 110 valence electrons. The van der Waals surface area contributed by atoms with Gasteiger partial charge in [-0.1, -0.05) is 25.0 Å². The zero-order valence-electron chi connectivity index (χ0n) is 11.7. The third kappa shape index (κ3) is 2.69. The van der Waals surface area contributed by atoms with Gasteiger partial charge in [0.05, 0.1) is 12.1 Å². The van der Waals surface area contributed by atoms with Gasteiger partial charge in [-0.3, -0.25) is 4.79 Å². The third-order valence-corrected chi connectivity index (χ3v) is 4.07. The number of carbonyl (C=O) groups is 1. The smallest absolute Gasteiger partial charge is 0.317 e. The van der Waals surface area contributed by atoms with Crippen LogP contribution < -0.4 is 10.0 Å². The van der Waals surface area contributed by atoms with Gasteiger partial charge in [-0.25, -0.2) is 0 Å². The van der Waals surface area contributed by atoms with Crippen molar-refractivity contribution in [2.45, 2.75) is 37.8 Å². The number of nitrogens with zero attached hydrogens (tertiary/aromatic N) is 1. The number of nitrogens with one attached hydrogen (secondary N) is 1. The Hall–Kier alpha value is -2.14. The molecule has 2 N–H and O–H groups in total. The minimum atomic E-state index is -0.525. The number of hydrogen-bond acceptors (Lipinski definition) is 3. The van der Waals surface area contributed by atoms with E-state index in [-0.39, 0.29) is 11.7 Å². The predicted molar refractivity (Wildman–Crippen MR) is 78.6 cm³/mol. The van der Waals surface area contributed by atoms with Gasteiger partial charge in [-0.15, -0.1) is 0 Å². The van der Waals surface area contributed by atoms with Crippen LogP contribution in [0.2, 0.25) is 0 Å². The van der Waals surface area contributed by atoms with Crippen molar-refractivity contribution in [1.29, 1.82) is 0 Å². The molecule has 1 aliphatic carbocycles. The summed E-state index contributed by atoms with van der Waals surface area (Å²) < 4.78 is 0.653. The highest BCUT2D eigenvalue weighted by molar-refractivity contribution is 5.92. The molecule has 1 saturated carbocycles. The maximum atomic E-state index is 12.3. The van der Waals surface area contributed by atoms with Crippen molar-refractivity contribution in [3.8, 4) is 0 Å². The molecule has 0 radical (unpaired) electrons. The van der Waals surface area contributed by atoms with Crippen LogP contribution in [-0.2, 0) is 0 Å². The Balaban J connectivity index is 1.86. The van der Waals surface area contributed by atoms with Crippen LogP contribution in [-0.4, -0.2) is 23.2 Å². The topological polar surface area (TPSA) is 76.3 Å². The number of benzene rings is 1. The number of amides is 1. The summed E-state index contributed by atoms with van der Waals surface area (Å²) in [7, 11) is 0. The first-order chi connectivity index (χ1) is 10.2. The van der Waals surface area contributed by atoms with Crippen LogP contribution in [0, 0.1) is 5.21 Å². The second-order valence-electron chi connectivity index (χ2n) is 5.50. The number of aliphatic hydroxyl groups is 1. The lowest BCUT2D eigenvalue weighted by atomic mass is 9.92. The van der Waals surface area contributed by atoms with Crippen molar-refractivity contribution in [3.05, 3.63) is 47.3 Å². The van der Waals surface area contributed by atoms with Gasteiger partial charge in [0.15, 0.2) is 0 Å². The van der Waals surface area contributed by atoms with Crippen molar-refractivity contribution in [2.24, 2.45) is 0 Å². The number of fused-ring (bicyclic) bond motifs is 1. The van der Waals surface area contributed by atoms with Crippen molar-refractivity contribution >= 4 is 16.8 Å². The lowest BCUT2D eigenvalue weighted by Gasteiger charge is -2.27. The van der Waals surface area contributed by atoms with Gasteiger partial charge in [-0.2, -0.15) is 4.73 Å². The second-order valence-corrected chi connectivity index (χ2v) is 5.50.